The van der Waals surface area contributed by atoms with E-state index in [1.54, 1.807) is 30.3 Å². The first kappa shape index (κ1) is 15.7. The summed E-state index contributed by atoms with van der Waals surface area (Å²) in [6.07, 6.45) is 2.90. The van der Waals surface area contributed by atoms with Crippen molar-refractivity contribution in [1.82, 2.24) is 0 Å². The van der Waals surface area contributed by atoms with Crippen molar-refractivity contribution in [3.8, 4) is 11.5 Å². The molecule has 0 atom stereocenters. The molecule has 1 aromatic carbocycles. The van der Waals surface area contributed by atoms with Crippen molar-refractivity contribution in [3.63, 3.8) is 0 Å². The van der Waals surface area contributed by atoms with Crippen LogP contribution < -0.4 is 9.47 Å². The fourth-order valence-corrected chi connectivity index (χ4v) is 2.04. The largest absolute Gasteiger partial charge is 0.463 e. The van der Waals surface area contributed by atoms with Crippen molar-refractivity contribution < 1.29 is 33.0 Å². The van der Waals surface area contributed by atoms with Gasteiger partial charge in [-0.2, -0.15) is 0 Å². The lowest BCUT2D eigenvalue weighted by molar-refractivity contribution is -0.139. The second-order valence-corrected chi connectivity index (χ2v) is 4.81. The second-order valence-electron chi connectivity index (χ2n) is 4.81. The first-order valence-corrected chi connectivity index (χ1v) is 7.07. The normalized spacial score (nSPS) is 12.4. The van der Waals surface area contributed by atoms with Crippen molar-refractivity contribution in [2.45, 2.75) is 6.61 Å². The van der Waals surface area contributed by atoms with Gasteiger partial charge in [0.2, 0.25) is 12.6 Å². The van der Waals surface area contributed by atoms with Crippen molar-refractivity contribution in [3.05, 3.63) is 53.5 Å². The molecule has 2 heterocycles. The van der Waals surface area contributed by atoms with E-state index in [0.29, 0.717) is 17.3 Å². The van der Waals surface area contributed by atoms with Gasteiger partial charge in [0, 0.05) is 6.08 Å². The summed E-state index contributed by atoms with van der Waals surface area (Å²) in [7, 11) is 1.26. The van der Waals surface area contributed by atoms with Gasteiger partial charge in [0.15, 0.2) is 11.5 Å². The smallest absolute Gasteiger partial charge is 0.373 e. The molecule has 1 aliphatic heterocycles. The Morgan fingerprint density at radius 1 is 1.17 bits per heavy atom. The van der Waals surface area contributed by atoms with Crippen LogP contribution in [0.4, 0.5) is 0 Å². The summed E-state index contributed by atoms with van der Waals surface area (Å²) >= 11 is 0. The molecule has 3 rings (SSSR count). The van der Waals surface area contributed by atoms with Gasteiger partial charge in [0.1, 0.15) is 12.4 Å². The third kappa shape index (κ3) is 3.57. The monoisotopic (exact) mass is 330 g/mol. The standard InChI is InChI=1S/C17H14O7/c1-20-17(19)14-6-4-12(24-14)9-21-16(18)7-3-11-2-5-13-15(8-11)23-10-22-13/h2-8H,9-10H2,1H3/b7-3+. The molecule has 0 amide bonds. The number of hydrogen-bond donors (Lipinski definition) is 0. The van der Waals surface area contributed by atoms with Gasteiger partial charge >= 0.3 is 11.9 Å². The third-order valence-corrected chi connectivity index (χ3v) is 3.21. The van der Waals surface area contributed by atoms with Gasteiger partial charge < -0.3 is 23.4 Å². The topological polar surface area (TPSA) is 84.2 Å². The van der Waals surface area contributed by atoms with E-state index in [-0.39, 0.29) is 19.2 Å². The Bertz CT molecular complexity index is 788. The first-order valence-electron chi connectivity index (χ1n) is 7.07. The van der Waals surface area contributed by atoms with Crippen LogP contribution in [0, 0.1) is 0 Å². The molecule has 0 saturated heterocycles. The quantitative estimate of drug-likeness (QED) is 0.615. The number of ether oxygens (including phenoxy) is 4. The molecule has 7 heteroatoms. The molecule has 0 bridgehead atoms. The Hall–Kier alpha value is -3.22. The molecule has 0 unspecified atom stereocenters. The van der Waals surface area contributed by atoms with Crippen LogP contribution in [-0.4, -0.2) is 25.8 Å². The highest BCUT2D eigenvalue weighted by atomic mass is 16.7. The SMILES string of the molecule is COC(=O)c1ccc(COC(=O)/C=C/c2ccc3c(c2)OCO3)o1. The van der Waals surface area contributed by atoms with Gasteiger partial charge in [0.25, 0.3) is 0 Å². The van der Waals surface area contributed by atoms with Crippen LogP contribution in [0.15, 0.2) is 40.8 Å². The Kier molecular flexibility index (Phi) is 4.51. The van der Waals surface area contributed by atoms with E-state index in [4.69, 9.17) is 18.6 Å². The number of fused-ring (bicyclic) bond motifs is 1. The molecule has 2 aromatic rings. The van der Waals surface area contributed by atoms with E-state index in [1.165, 1.54) is 19.3 Å². The molecule has 124 valence electrons. The zero-order valence-corrected chi connectivity index (χ0v) is 12.8. The molecule has 0 saturated carbocycles. The highest BCUT2D eigenvalue weighted by molar-refractivity contribution is 5.87. The second kappa shape index (κ2) is 6.91. The average Bonchev–Trinajstić information content (AvgIpc) is 3.26. The van der Waals surface area contributed by atoms with Crippen LogP contribution in [0.5, 0.6) is 11.5 Å². The summed E-state index contributed by atoms with van der Waals surface area (Å²) in [6.45, 7) is 0.114. The van der Waals surface area contributed by atoms with Crippen molar-refractivity contribution in [2.24, 2.45) is 0 Å². The summed E-state index contributed by atoms with van der Waals surface area (Å²) in [5, 5.41) is 0. The minimum atomic E-state index is -0.588. The fourth-order valence-electron chi connectivity index (χ4n) is 2.04. The Balaban J connectivity index is 1.54. The maximum absolute atomic E-state index is 11.7. The first-order chi connectivity index (χ1) is 11.7. The number of esters is 2. The molecule has 7 nitrogen and oxygen atoms in total. The maximum Gasteiger partial charge on any atom is 0.373 e. The summed E-state index contributed by atoms with van der Waals surface area (Å²) in [4.78, 5) is 23.0. The minimum absolute atomic E-state index is 0.0550. The van der Waals surface area contributed by atoms with Gasteiger partial charge in [-0.1, -0.05) is 6.07 Å². The number of rotatable bonds is 5. The van der Waals surface area contributed by atoms with Crippen molar-refractivity contribution in [2.75, 3.05) is 13.9 Å². The van der Waals surface area contributed by atoms with Crippen molar-refractivity contribution in [1.29, 1.82) is 0 Å². The highest BCUT2D eigenvalue weighted by Gasteiger charge is 2.13. The van der Waals surface area contributed by atoms with Crippen LogP contribution in [0.3, 0.4) is 0 Å². The number of carbonyl (C=O) groups excluding carboxylic acids is 2. The average molecular weight is 330 g/mol. The lowest BCUT2D eigenvalue weighted by Gasteiger charge is -2.00. The predicted octanol–water partition coefficient (Wildman–Crippen LogP) is 2.55. The molecular weight excluding hydrogens is 316 g/mol. The van der Waals surface area contributed by atoms with Crippen molar-refractivity contribution >= 4 is 18.0 Å². The third-order valence-electron chi connectivity index (χ3n) is 3.21. The number of benzene rings is 1. The summed E-state index contributed by atoms with van der Waals surface area (Å²) in [6, 6.07) is 8.33. The zero-order chi connectivity index (χ0) is 16.9. The number of furan rings is 1. The molecule has 1 aliphatic rings. The molecular formula is C17H14O7. The summed E-state index contributed by atoms with van der Waals surface area (Å²) in [5.74, 6) is 0.587. The molecule has 24 heavy (non-hydrogen) atoms. The Morgan fingerprint density at radius 3 is 2.83 bits per heavy atom. The number of hydrogen-bond acceptors (Lipinski definition) is 7. The van der Waals surface area contributed by atoms with E-state index in [0.717, 1.165) is 5.56 Å². The van der Waals surface area contributed by atoms with E-state index in [2.05, 4.69) is 4.74 Å². The van der Waals surface area contributed by atoms with Crippen LogP contribution in [0.1, 0.15) is 21.9 Å². The fraction of sp³-hybridized carbons (Fsp3) is 0.176. The Labute approximate surface area is 137 Å². The highest BCUT2D eigenvalue weighted by Crippen LogP contribution is 2.32. The molecule has 0 aliphatic carbocycles. The molecule has 0 spiro atoms. The van der Waals surface area contributed by atoms with Gasteiger partial charge in [-0.05, 0) is 35.9 Å². The van der Waals surface area contributed by atoms with Crippen LogP contribution in [0.2, 0.25) is 0 Å². The van der Waals surface area contributed by atoms with Gasteiger partial charge in [-0.25, -0.2) is 9.59 Å². The lowest BCUT2D eigenvalue weighted by atomic mass is 10.2. The number of methoxy groups -OCH3 is 1. The summed E-state index contributed by atoms with van der Waals surface area (Å²) in [5.41, 5.74) is 0.780. The minimum Gasteiger partial charge on any atom is -0.463 e. The molecule has 0 fully saturated rings. The zero-order valence-electron chi connectivity index (χ0n) is 12.8. The van der Waals surface area contributed by atoms with E-state index in [9.17, 15) is 9.59 Å². The van der Waals surface area contributed by atoms with Gasteiger partial charge in [0.05, 0.1) is 7.11 Å². The van der Waals surface area contributed by atoms with Gasteiger partial charge in [-0.15, -0.1) is 0 Å². The maximum atomic E-state index is 11.7. The molecule has 0 N–H and O–H groups in total. The van der Waals surface area contributed by atoms with E-state index in [1.807, 2.05) is 0 Å². The number of carbonyl (C=O) groups is 2. The van der Waals surface area contributed by atoms with Crippen LogP contribution >= 0.6 is 0 Å². The lowest BCUT2D eigenvalue weighted by Crippen LogP contribution is -2.01. The van der Waals surface area contributed by atoms with Gasteiger partial charge in [-0.3, -0.25) is 0 Å². The predicted molar refractivity (Wildman–Crippen MR) is 81.4 cm³/mol. The van der Waals surface area contributed by atoms with E-state index < -0.39 is 11.9 Å². The van der Waals surface area contributed by atoms with Crippen LogP contribution in [0.25, 0.3) is 6.08 Å². The summed E-state index contributed by atoms with van der Waals surface area (Å²) < 4.78 is 25.2. The Morgan fingerprint density at radius 2 is 2.00 bits per heavy atom. The van der Waals surface area contributed by atoms with E-state index >= 15 is 0 Å². The molecule has 0 radical (unpaired) electrons. The van der Waals surface area contributed by atoms with Crippen LogP contribution in [-0.2, 0) is 20.9 Å². The molecule has 1 aromatic heterocycles.